The fourth-order valence-corrected chi connectivity index (χ4v) is 0.670. The summed E-state index contributed by atoms with van der Waals surface area (Å²) < 4.78 is 0. The first-order chi connectivity index (χ1) is 4.20. The number of carbonyl (C=O) groups is 1. The van der Waals surface area contributed by atoms with E-state index in [0.29, 0.717) is 6.54 Å². The van der Waals surface area contributed by atoms with E-state index in [2.05, 4.69) is 5.10 Å². The summed E-state index contributed by atoms with van der Waals surface area (Å²) in [7, 11) is 0. The molecule has 0 saturated carbocycles. The van der Waals surface area contributed by atoms with Gasteiger partial charge in [-0.05, 0) is 0 Å². The molecule has 0 aromatic heterocycles. The molecule has 0 aromatic rings. The molecule has 50 valence electrons. The van der Waals surface area contributed by atoms with Crippen LogP contribution in [0.4, 0.5) is 0 Å². The van der Waals surface area contributed by atoms with Crippen molar-refractivity contribution in [2.75, 3.05) is 6.54 Å². The summed E-state index contributed by atoms with van der Waals surface area (Å²) in [5.41, 5.74) is 5.42. The highest BCUT2D eigenvalue weighted by molar-refractivity contribution is 5.78. The standard InChI is InChI=1S/C5H9N3O/c1-4(9)8-3-5(6)2-7-8/h2,5H,3,6H2,1H3. The van der Waals surface area contributed by atoms with E-state index in [1.807, 2.05) is 0 Å². The van der Waals surface area contributed by atoms with Gasteiger partial charge in [0.25, 0.3) is 0 Å². The van der Waals surface area contributed by atoms with Crippen molar-refractivity contribution in [1.29, 1.82) is 0 Å². The molecule has 2 N–H and O–H groups in total. The second-order valence-electron chi connectivity index (χ2n) is 2.03. The number of hydrogen-bond acceptors (Lipinski definition) is 3. The van der Waals surface area contributed by atoms with Crippen molar-refractivity contribution < 1.29 is 4.79 Å². The molecule has 0 bridgehead atoms. The van der Waals surface area contributed by atoms with E-state index in [9.17, 15) is 4.79 Å². The molecule has 0 radical (unpaired) electrons. The van der Waals surface area contributed by atoms with Crippen molar-refractivity contribution in [3.05, 3.63) is 0 Å². The lowest BCUT2D eigenvalue weighted by molar-refractivity contribution is -0.128. The Hall–Kier alpha value is -0.900. The smallest absolute Gasteiger partial charge is 0.239 e. The van der Waals surface area contributed by atoms with E-state index in [1.54, 1.807) is 6.21 Å². The summed E-state index contributed by atoms with van der Waals surface area (Å²) in [5, 5.41) is 5.10. The molecule has 1 aliphatic heterocycles. The van der Waals surface area contributed by atoms with Crippen LogP contribution in [0.3, 0.4) is 0 Å². The summed E-state index contributed by atoms with van der Waals surface area (Å²) in [6.45, 7) is 1.99. The van der Waals surface area contributed by atoms with Gasteiger partial charge in [-0.2, -0.15) is 5.10 Å². The molecule has 1 unspecified atom stereocenters. The lowest BCUT2D eigenvalue weighted by Gasteiger charge is -2.07. The van der Waals surface area contributed by atoms with Crippen LogP contribution in [0.2, 0.25) is 0 Å². The third kappa shape index (κ3) is 1.26. The number of nitrogens with two attached hydrogens (primary N) is 1. The Labute approximate surface area is 53.3 Å². The first-order valence-electron chi connectivity index (χ1n) is 2.78. The number of rotatable bonds is 0. The lowest BCUT2D eigenvalue weighted by Crippen LogP contribution is -2.30. The Morgan fingerprint density at radius 1 is 2.00 bits per heavy atom. The number of carbonyl (C=O) groups excluding carboxylic acids is 1. The SMILES string of the molecule is CC(=O)N1CC(N)C=N1. The Morgan fingerprint density at radius 2 is 2.67 bits per heavy atom. The molecule has 0 spiro atoms. The summed E-state index contributed by atoms with van der Waals surface area (Å²) in [5.74, 6) is -0.0563. The number of nitrogens with zero attached hydrogens (tertiary/aromatic N) is 2. The van der Waals surface area contributed by atoms with Gasteiger partial charge in [-0.25, -0.2) is 5.01 Å². The van der Waals surface area contributed by atoms with Gasteiger partial charge in [0.05, 0.1) is 12.6 Å². The zero-order chi connectivity index (χ0) is 6.85. The minimum atomic E-state index is -0.0751. The fourth-order valence-electron chi connectivity index (χ4n) is 0.670. The topological polar surface area (TPSA) is 58.7 Å². The molecule has 0 aliphatic carbocycles. The predicted molar refractivity (Wildman–Crippen MR) is 33.9 cm³/mol. The van der Waals surface area contributed by atoms with E-state index in [-0.39, 0.29) is 11.9 Å². The van der Waals surface area contributed by atoms with Crippen LogP contribution >= 0.6 is 0 Å². The molecular weight excluding hydrogens is 118 g/mol. The third-order valence-electron chi connectivity index (χ3n) is 1.14. The number of amides is 1. The highest BCUT2D eigenvalue weighted by atomic mass is 16.2. The Balaban J connectivity index is 2.50. The Kier molecular flexibility index (Phi) is 1.48. The third-order valence-corrected chi connectivity index (χ3v) is 1.14. The maximum Gasteiger partial charge on any atom is 0.239 e. The highest BCUT2D eigenvalue weighted by Crippen LogP contribution is 1.97. The van der Waals surface area contributed by atoms with E-state index in [0.717, 1.165) is 0 Å². The molecule has 1 rings (SSSR count). The van der Waals surface area contributed by atoms with Crippen LogP contribution in [0.15, 0.2) is 5.10 Å². The van der Waals surface area contributed by atoms with Crippen LogP contribution in [0.25, 0.3) is 0 Å². The van der Waals surface area contributed by atoms with E-state index in [1.165, 1.54) is 11.9 Å². The minimum Gasteiger partial charge on any atom is -0.322 e. The minimum absolute atomic E-state index is 0.0563. The van der Waals surface area contributed by atoms with Gasteiger partial charge in [0.2, 0.25) is 5.91 Å². The molecule has 1 aliphatic rings. The highest BCUT2D eigenvalue weighted by Gasteiger charge is 2.15. The largest absolute Gasteiger partial charge is 0.322 e. The van der Waals surface area contributed by atoms with Crippen LogP contribution in [0.1, 0.15) is 6.92 Å². The van der Waals surface area contributed by atoms with Gasteiger partial charge < -0.3 is 5.73 Å². The molecule has 4 heteroatoms. The lowest BCUT2D eigenvalue weighted by atomic mass is 10.4. The van der Waals surface area contributed by atoms with Gasteiger partial charge >= 0.3 is 0 Å². The van der Waals surface area contributed by atoms with E-state index >= 15 is 0 Å². The second kappa shape index (κ2) is 2.14. The van der Waals surface area contributed by atoms with Crippen molar-refractivity contribution in [2.45, 2.75) is 13.0 Å². The van der Waals surface area contributed by atoms with E-state index in [4.69, 9.17) is 5.73 Å². The van der Waals surface area contributed by atoms with Crippen LogP contribution < -0.4 is 5.73 Å². The van der Waals surface area contributed by atoms with Gasteiger partial charge in [-0.1, -0.05) is 0 Å². The maximum absolute atomic E-state index is 10.5. The first-order valence-corrected chi connectivity index (χ1v) is 2.78. The summed E-state index contributed by atoms with van der Waals surface area (Å²) in [6, 6.07) is -0.0751. The summed E-state index contributed by atoms with van der Waals surface area (Å²) in [6.07, 6.45) is 1.57. The quantitative estimate of drug-likeness (QED) is 0.461. The van der Waals surface area contributed by atoms with Crippen molar-refractivity contribution in [3.8, 4) is 0 Å². The number of hydrogen-bond donors (Lipinski definition) is 1. The molecular formula is C5H9N3O. The Bertz CT molecular complexity index is 154. The average Bonchev–Trinajstić information content (AvgIpc) is 2.14. The molecule has 0 fully saturated rings. The Morgan fingerprint density at radius 3 is 2.89 bits per heavy atom. The molecule has 4 nitrogen and oxygen atoms in total. The zero-order valence-corrected chi connectivity index (χ0v) is 5.24. The monoisotopic (exact) mass is 127 g/mol. The van der Waals surface area contributed by atoms with Crippen molar-refractivity contribution in [3.63, 3.8) is 0 Å². The second-order valence-corrected chi connectivity index (χ2v) is 2.03. The van der Waals surface area contributed by atoms with Crippen LogP contribution in [0, 0.1) is 0 Å². The van der Waals surface area contributed by atoms with Gasteiger partial charge in [-0.3, -0.25) is 4.79 Å². The fraction of sp³-hybridized carbons (Fsp3) is 0.600. The summed E-state index contributed by atoms with van der Waals surface area (Å²) in [4.78, 5) is 10.5. The molecule has 1 atom stereocenters. The molecule has 9 heavy (non-hydrogen) atoms. The van der Waals surface area contributed by atoms with Gasteiger partial charge in [0.15, 0.2) is 0 Å². The van der Waals surface area contributed by atoms with Gasteiger partial charge in [0.1, 0.15) is 0 Å². The summed E-state index contributed by atoms with van der Waals surface area (Å²) >= 11 is 0. The first kappa shape index (κ1) is 6.22. The van der Waals surface area contributed by atoms with Crippen LogP contribution in [-0.2, 0) is 4.79 Å². The van der Waals surface area contributed by atoms with Crippen molar-refractivity contribution in [2.24, 2.45) is 10.8 Å². The number of hydrazone groups is 1. The van der Waals surface area contributed by atoms with Crippen molar-refractivity contribution in [1.82, 2.24) is 5.01 Å². The van der Waals surface area contributed by atoms with Gasteiger partial charge in [-0.15, -0.1) is 0 Å². The molecule has 1 heterocycles. The normalized spacial score (nSPS) is 25.1. The van der Waals surface area contributed by atoms with Crippen LogP contribution in [0.5, 0.6) is 0 Å². The zero-order valence-electron chi connectivity index (χ0n) is 5.24. The van der Waals surface area contributed by atoms with Gasteiger partial charge in [0, 0.05) is 13.1 Å². The molecule has 0 aromatic carbocycles. The average molecular weight is 127 g/mol. The molecule has 1 amide bonds. The maximum atomic E-state index is 10.5. The molecule has 0 saturated heterocycles. The van der Waals surface area contributed by atoms with E-state index < -0.39 is 0 Å². The predicted octanol–water partition coefficient (Wildman–Crippen LogP) is -0.838. The van der Waals surface area contributed by atoms with Crippen molar-refractivity contribution >= 4 is 12.1 Å². The van der Waals surface area contributed by atoms with Crippen LogP contribution in [-0.4, -0.2) is 29.7 Å².